The van der Waals surface area contributed by atoms with Crippen LogP contribution in [0.25, 0.3) is 0 Å². The summed E-state index contributed by atoms with van der Waals surface area (Å²) in [7, 11) is 0. The number of Topliss-reactive ketones (excluding diaryl/α,β-unsaturated/α-hetero) is 1. The lowest BCUT2D eigenvalue weighted by Gasteiger charge is -2.19. The molecule has 2 heterocycles. The van der Waals surface area contributed by atoms with Gasteiger partial charge in [-0.3, -0.25) is 4.79 Å². The minimum atomic E-state index is -0.844. The maximum absolute atomic E-state index is 12.1. The van der Waals surface area contributed by atoms with E-state index < -0.39 is 30.3 Å². The van der Waals surface area contributed by atoms with Crippen molar-refractivity contribution in [3.8, 4) is 0 Å². The summed E-state index contributed by atoms with van der Waals surface area (Å²) in [6, 6.07) is 8.56. The molecule has 0 amide bonds. The molecule has 1 aromatic rings. The van der Waals surface area contributed by atoms with E-state index in [1.807, 2.05) is 0 Å². The highest BCUT2D eigenvalue weighted by molar-refractivity contribution is 5.92. The summed E-state index contributed by atoms with van der Waals surface area (Å²) in [5.41, 5.74) is 0.428. The highest BCUT2D eigenvalue weighted by Gasteiger charge is 2.54. The number of carbonyl (C=O) groups excluding carboxylic acids is 2. The molecule has 0 aliphatic carbocycles. The summed E-state index contributed by atoms with van der Waals surface area (Å²) in [4.78, 5) is 23.9. The molecular weight excluding hydrogens is 276 g/mol. The van der Waals surface area contributed by atoms with Crippen LogP contribution >= 0.6 is 0 Å². The van der Waals surface area contributed by atoms with Gasteiger partial charge in [-0.05, 0) is 26.0 Å². The monoisotopic (exact) mass is 292 g/mol. The molecule has 0 saturated carbocycles. The number of esters is 1. The van der Waals surface area contributed by atoms with Crippen LogP contribution < -0.4 is 0 Å². The molecule has 6 nitrogen and oxygen atoms in total. The number of ketones is 1. The van der Waals surface area contributed by atoms with Gasteiger partial charge in [-0.1, -0.05) is 18.2 Å². The maximum atomic E-state index is 12.1. The van der Waals surface area contributed by atoms with Crippen LogP contribution in [0.3, 0.4) is 0 Å². The zero-order valence-corrected chi connectivity index (χ0v) is 11.8. The number of fused-ring (bicyclic) bond motifs is 1. The molecule has 2 fully saturated rings. The van der Waals surface area contributed by atoms with Crippen molar-refractivity contribution >= 4 is 11.8 Å². The van der Waals surface area contributed by atoms with E-state index in [9.17, 15) is 9.59 Å². The van der Waals surface area contributed by atoms with Gasteiger partial charge in [-0.25, -0.2) is 4.79 Å². The van der Waals surface area contributed by atoms with Crippen molar-refractivity contribution in [3.05, 3.63) is 35.9 Å². The van der Waals surface area contributed by atoms with Crippen LogP contribution in [0, 0.1) is 0 Å². The predicted molar refractivity (Wildman–Crippen MR) is 70.4 cm³/mol. The van der Waals surface area contributed by atoms with Gasteiger partial charge in [-0.15, -0.1) is 0 Å². The largest absolute Gasteiger partial charge is 0.459 e. The third-order valence-electron chi connectivity index (χ3n) is 3.33. The van der Waals surface area contributed by atoms with Gasteiger partial charge < -0.3 is 18.9 Å². The average molecular weight is 292 g/mol. The first-order chi connectivity index (χ1) is 9.96. The van der Waals surface area contributed by atoms with Gasteiger partial charge in [0, 0.05) is 0 Å². The predicted octanol–water partition coefficient (Wildman–Crippen LogP) is 1.29. The zero-order chi connectivity index (χ0) is 15.0. The Morgan fingerprint density at radius 2 is 1.95 bits per heavy atom. The normalized spacial score (nSPS) is 30.2. The van der Waals surface area contributed by atoms with Crippen molar-refractivity contribution in [3.63, 3.8) is 0 Å². The van der Waals surface area contributed by atoms with Crippen LogP contribution in [-0.4, -0.2) is 42.6 Å². The summed E-state index contributed by atoms with van der Waals surface area (Å²) >= 11 is 0. The molecule has 0 aromatic heterocycles. The quantitative estimate of drug-likeness (QED) is 0.782. The van der Waals surface area contributed by atoms with Crippen molar-refractivity contribution in [1.82, 2.24) is 0 Å². The Balaban J connectivity index is 1.56. The second kappa shape index (κ2) is 5.22. The summed E-state index contributed by atoms with van der Waals surface area (Å²) in [5, 5.41) is 0. The lowest BCUT2D eigenvalue weighted by atomic mass is 10.2. The fourth-order valence-corrected chi connectivity index (χ4v) is 2.36. The molecule has 3 atom stereocenters. The first-order valence-corrected chi connectivity index (χ1v) is 6.73. The molecule has 0 bridgehead atoms. The molecule has 1 aromatic carbocycles. The van der Waals surface area contributed by atoms with E-state index in [0.717, 1.165) is 0 Å². The Bertz CT molecular complexity index is 553. The SMILES string of the molecule is CC1(C)OC2C(=O)[C@@H](COC(=O)c3ccccc3)O[C@H]2O1. The van der Waals surface area contributed by atoms with Crippen LogP contribution in [-0.2, 0) is 23.7 Å². The molecule has 2 saturated heterocycles. The minimum absolute atomic E-state index is 0.146. The highest BCUT2D eigenvalue weighted by atomic mass is 16.8. The molecule has 2 aliphatic rings. The van der Waals surface area contributed by atoms with Gasteiger partial charge in [0.1, 0.15) is 6.61 Å². The van der Waals surface area contributed by atoms with Crippen molar-refractivity contribution in [2.45, 2.75) is 38.1 Å². The summed E-state index contributed by atoms with van der Waals surface area (Å²) in [6.07, 6.45) is -2.32. The maximum Gasteiger partial charge on any atom is 0.338 e. The Kier molecular flexibility index (Phi) is 3.52. The van der Waals surface area contributed by atoms with E-state index in [-0.39, 0.29) is 12.4 Å². The molecule has 2 aliphatic heterocycles. The first kappa shape index (κ1) is 14.2. The molecule has 112 valence electrons. The van der Waals surface area contributed by atoms with Gasteiger partial charge in [-0.2, -0.15) is 0 Å². The van der Waals surface area contributed by atoms with Gasteiger partial charge >= 0.3 is 5.97 Å². The van der Waals surface area contributed by atoms with Crippen molar-refractivity contribution in [1.29, 1.82) is 0 Å². The van der Waals surface area contributed by atoms with Crippen LogP contribution in [0.2, 0.25) is 0 Å². The number of hydrogen-bond donors (Lipinski definition) is 0. The third kappa shape index (κ3) is 2.83. The van der Waals surface area contributed by atoms with E-state index in [4.69, 9.17) is 18.9 Å². The minimum Gasteiger partial charge on any atom is -0.459 e. The van der Waals surface area contributed by atoms with Crippen molar-refractivity contribution in [2.24, 2.45) is 0 Å². The molecular formula is C15H16O6. The van der Waals surface area contributed by atoms with Gasteiger partial charge in [0.2, 0.25) is 0 Å². The van der Waals surface area contributed by atoms with Gasteiger partial charge in [0.25, 0.3) is 0 Å². The van der Waals surface area contributed by atoms with E-state index in [0.29, 0.717) is 5.56 Å². The van der Waals surface area contributed by atoms with Crippen molar-refractivity contribution < 1.29 is 28.5 Å². The van der Waals surface area contributed by atoms with Crippen molar-refractivity contribution in [2.75, 3.05) is 6.61 Å². The number of carbonyl (C=O) groups is 2. The molecule has 0 spiro atoms. The molecule has 3 rings (SSSR count). The fraction of sp³-hybridized carbons (Fsp3) is 0.467. The Morgan fingerprint density at radius 3 is 2.62 bits per heavy atom. The second-order valence-corrected chi connectivity index (χ2v) is 5.42. The number of hydrogen-bond acceptors (Lipinski definition) is 6. The van der Waals surface area contributed by atoms with Crippen LogP contribution in [0.4, 0.5) is 0 Å². The van der Waals surface area contributed by atoms with Crippen LogP contribution in [0.15, 0.2) is 30.3 Å². The van der Waals surface area contributed by atoms with E-state index >= 15 is 0 Å². The molecule has 6 heteroatoms. The summed E-state index contributed by atoms with van der Waals surface area (Å²) < 4.78 is 21.5. The topological polar surface area (TPSA) is 71.1 Å². The van der Waals surface area contributed by atoms with Gasteiger partial charge in [0.15, 0.2) is 30.1 Å². The van der Waals surface area contributed by atoms with Crippen LogP contribution in [0.1, 0.15) is 24.2 Å². The Hall–Kier alpha value is -1.76. The fourth-order valence-electron chi connectivity index (χ4n) is 2.36. The lowest BCUT2D eigenvalue weighted by Crippen LogP contribution is -2.33. The standard InChI is InChI=1S/C15H16O6/c1-15(2)20-12-11(16)10(19-14(12)21-15)8-18-13(17)9-6-4-3-5-7-9/h3-7,10,12,14H,8H2,1-2H3/t10-,12?,14+/m1/s1. The Morgan fingerprint density at radius 1 is 1.24 bits per heavy atom. The van der Waals surface area contributed by atoms with Gasteiger partial charge in [0.05, 0.1) is 5.56 Å². The second-order valence-electron chi connectivity index (χ2n) is 5.42. The van der Waals surface area contributed by atoms with E-state index in [2.05, 4.69) is 0 Å². The van der Waals surface area contributed by atoms with E-state index in [1.54, 1.807) is 44.2 Å². The number of benzene rings is 1. The molecule has 1 unspecified atom stereocenters. The first-order valence-electron chi connectivity index (χ1n) is 6.73. The number of rotatable bonds is 3. The van der Waals surface area contributed by atoms with Crippen LogP contribution in [0.5, 0.6) is 0 Å². The molecule has 0 radical (unpaired) electrons. The number of ether oxygens (including phenoxy) is 4. The zero-order valence-electron chi connectivity index (χ0n) is 11.8. The Labute approximate surface area is 121 Å². The molecule has 21 heavy (non-hydrogen) atoms. The van der Waals surface area contributed by atoms with E-state index in [1.165, 1.54) is 0 Å². The summed E-state index contributed by atoms with van der Waals surface area (Å²) in [6.45, 7) is 3.28. The third-order valence-corrected chi connectivity index (χ3v) is 3.33. The summed E-state index contributed by atoms with van der Waals surface area (Å²) in [5.74, 6) is -1.59. The average Bonchev–Trinajstić information content (AvgIpc) is 2.91. The molecule has 0 N–H and O–H groups in total. The smallest absolute Gasteiger partial charge is 0.338 e. The highest BCUT2D eigenvalue weighted by Crippen LogP contribution is 2.35. The lowest BCUT2D eigenvalue weighted by molar-refractivity contribution is -0.207.